The molecule has 3 rings (SSSR count). The Bertz CT molecular complexity index is 511. The summed E-state index contributed by atoms with van der Waals surface area (Å²) < 4.78 is 5.56. The highest BCUT2D eigenvalue weighted by atomic mass is 16.5. The lowest BCUT2D eigenvalue weighted by atomic mass is 9.81. The molecule has 0 aromatic rings. The van der Waals surface area contributed by atoms with E-state index < -0.39 is 0 Å². The third-order valence-corrected chi connectivity index (χ3v) is 8.15. The lowest BCUT2D eigenvalue weighted by Gasteiger charge is -2.47. The van der Waals surface area contributed by atoms with Crippen molar-refractivity contribution in [1.82, 2.24) is 14.7 Å². The van der Waals surface area contributed by atoms with Crippen LogP contribution in [0.4, 0.5) is 0 Å². The van der Waals surface area contributed by atoms with Crippen LogP contribution in [0.15, 0.2) is 0 Å². The normalized spacial score (nSPS) is 27.6. The van der Waals surface area contributed by atoms with E-state index in [1.807, 2.05) is 0 Å². The fourth-order valence-electron chi connectivity index (χ4n) is 6.19. The van der Waals surface area contributed by atoms with Gasteiger partial charge in [0.15, 0.2) is 0 Å². The molecule has 29 heavy (non-hydrogen) atoms. The van der Waals surface area contributed by atoms with Crippen molar-refractivity contribution in [2.24, 2.45) is 11.8 Å². The molecule has 0 amide bonds. The van der Waals surface area contributed by atoms with E-state index in [-0.39, 0.29) is 0 Å². The van der Waals surface area contributed by atoms with E-state index in [9.17, 15) is 0 Å². The van der Waals surface area contributed by atoms with Crippen LogP contribution >= 0.6 is 0 Å². The molecule has 0 aliphatic carbocycles. The van der Waals surface area contributed by atoms with Gasteiger partial charge in [-0.3, -0.25) is 14.7 Å². The van der Waals surface area contributed by atoms with E-state index in [4.69, 9.17) is 4.74 Å². The molecule has 0 N–H and O–H groups in total. The van der Waals surface area contributed by atoms with Crippen molar-refractivity contribution in [2.75, 3.05) is 52.5 Å². The van der Waals surface area contributed by atoms with Gasteiger partial charge in [-0.15, -0.1) is 0 Å². The van der Waals surface area contributed by atoms with E-state index in [0.717, 1.165) is 38.1 Å². The van der Waals surface area contributed by atoms with Crippen molar-refractivity contribution < 1.29 is 4.74 Å². The van der Waals surface area contributed by atoms with Crippen molar-refractivity contribution in [1.29, 1.82) is 0 Å². The first-order valence-electron chi connectivity index (χ1n) is 12.3. The minimum Gasteiger partial charge on any atom is -0.379 e. The van der Waals surface area contributed by atoms with Gasteiger partial charge in [0.1, 0.15) is 0 Å². The Labute approximate surface area is 181 Å². The summed E-state index contributed by atoms with van der Waals surface area (Å²) in [6.45, 7) is 26.2. The predicted octanol–water partition coefficient (Wildman–Crippen LogP) is 4.49. The zero-order chi connectivity index (χ0) is 21.3. The Balaban J connectivity index is 1.45. The van der Waals surface area contributed by atoms with Gasteiger partial charge in [0.2, 0.25) is 0 Å². The molecule has 3 aliphatic heterocycles. The lowest BCUT2D eigenvalue weighted by Crippen LogP contribution is -2.53. The highest BCUT2D eigenvalue weighted by molar-refractivity contribution is 4.93. The Morgan fingerprint density at radius 3 is 1.59 bits per heavy atom. The lowest BCUT2D eigenvalue weighted by molar-refractivity contribution is -0.0247. The Kier molecular flexibility index (Phi) is 7.41. The van der Waals surface area contributed by atoms with Gasteiger partial charge in [-0.05, 0) is 112 Å². The Hall–Kier alpha value is -0.160. The van der Waals surface area contributed by atoms with Gasteiger partial charge in [0.05, 0.1) is 13.2 Å². The maximum atomic E-state index is 5.56. The average molecular weight is 408 g/mol. The summed E-state index contributed by atoms with van der Waals surface area (Å²) >= 11 is 0. The molecular weight excluding hydrogens is 358 g/mol. The number of ether oxygens (including phenoxy) is 1. The number of likely N-dealkylation sites (tertiary alicyclic amines) is 2. The fraction of sp³-hybridized carbons (Fsp3) is 1.00. The van der Waals surface area contributed by atoms with Crippen molar-refractivity contribution in [3.8, 4) is 0 Å². The summed E-state index contributed by atoms with van der Waals surface area (Å²) in [7, 11) is 0. The zero-order valence-electron chi connectivity index (χ0n) is 20.6. The van der Waals surface area contributed by atoms with Crippen LogP contribution in [0.1, 0.15) is 80.6 Å². The van der Waals surface area contributed by atoms with Gasteiger partial charge in [-0.25, -0.2) is 0 Å². The van der Waals surface area contributed by atoms with Crippen LogP contribution in [0.5, 0.6) is 0 Å². The maximum absolute atomic E-state index is 5.56. The molecule has 3 fully saturated rings. The van der Waals surface area contributed by atoms with Gasteiger partial charge < -0.3 is 4.74 Å². The van der Waals surface area contributed by atoms with Crippen LogP contribution < -0.4 is 0 Å². The van der Waals surface area contributed by atoms with Crippen molar-refractivity contribution in [3.63, 3.8) is 0 Å². The van der Waals surface area contributed by atoms with E-state index in [2.05, 4.69) is 63.2 Å². The Morgan fingerprint density at radius 2 is 1.07 bits per heavy atom. The molecule has 0 radical (unpaired) electrons. The molecule has 3 aliphatic rings. The molecule has 170 valence electrons. The number of nitrogens with zero attached hydrogens (tertiary/aromatic N) is 3. The van der Waals surface area contributed by atoms with E-state index in [0.29, 0.717) is 16.6 Å². The summed E-state index contributed by atoms with van der Waals surface area (Å²) in [5.41, 5.74) is 0.972. The molecule has 4 heteroatoms. The predicted molar refractivity (Wildman–Crippen MR) is 124 cm³/mol. The smallest absolute Gasteiger partial charge is 0.0594 e. The molecule has 1 atom stereocenters. The molecule has 0 spiro atoms. The van der Waals surface area contributed by atoms with Crippen molar-refractivity contribution in [3.05, 3.63) is 0 Å². The van der Waals surface area contributed by atoms with Crippen LogP contribution in [-0.2, 0) is 4.74 Å². The van der Waals surface area contributed by atoms with Crippen LogP contribution in [0.3, 0.4) is 0 Å². The topological polar surface area (TPSA) is 19.0 Å². The zero-order valence-corrected chi connectivity index (χ0v) is 20.6. The van der Waals surface area contributed by atoms with Crippen molar-refractivity contribution >= 4 is 0 Å². The van der Waals surface area contributed by atoms with Crippen molar-refractivity contribution in [2.45, 2.75) is 97.2 Å². The second-order valence-electron chi connectivity index (χ2n) is 12.3. The van der Waals surface area contributed by atoms with Gasteiger partial charge in [-0.1, -0.05) is 0 Å². The second-order valence-corrected chi connectivity index (χ2v) is 12.3. The van der Waals surface area contributed by atoms with Crippen LogP contribution in [0.25, 0.3) is 0 Å². The summed E-state index contributed by atoms with van der Waals surface area (Å²) in [5.74, 6) is 1.74. The first-order chi connectivity index (χ1) is 13.5. The molecular formula is C25H49N3O. The first kappa shape index (κ1) is 23.5. The van der Waals surface area contributed by atoms with Gasteiger partial charge in [0.25, 0.3) is 0 Å². The highest BCUT2D eigenvalue weighted by Gasteiger charge is 2.38. The second kappa shape index (κ2) is 9.14. The molecule has 4 nitrogen and oxygen atoms in total. The van der Waals surface area contributed by atoms with E-state index in [1.54, 1.807) is 0 Å². The average Bonchev–Trinajstić information content (AvgIpc) is 3.11. The summed E-state index contributed by atoms with van der Waals surface area (Å²) in [5, 5.41) is 0. The van der Waals surface area contributed by atoms with Crippen LogP contribution in [-0.4, -0.2) is 83.8 Å². The molecule has 0 bridgehead atoms. The summed E-state index contributed by atoms with van der Waals surface area (Å²) in [6, 6.07) is 0. The maximum Gasteiger partial charge on any atom is 0.0594 e. The SMILES string of the molecule is CC(C)(C)N1CCC(CC(C)(C)N2CCC(CC(C)(C)N3CCOCC3)CC2)C1. The number of rotatable bonds is 6. The largest absolute Gasteiger partial charge is 0.379 e. The standard InChI is InChI=1S/C25H49N3O/c1-23(2,3)28-13-10-22(20-28)19-25(6,7)26-11-8-21(9-12-26)18-24(4,5)27-14-16-29-17-15-27/h21-22H,8-20H2,1-7H3. The van der Waals surface area contributed by atoms with Gasteiger partial charge in [-0.2, -0.15) is 0 Å². The number of hydrogen-bond acceptors (Lipinski definition) is 4. The molecule has 0 saturated carbocycles. The third-order valence-electron chi connectivity index (χ3n) is 8.15. The molecule has 3 saturated heterocycles. The van der Waals surface area contributed by atoms with Crippen LogP contribution in [0.2, 0.25) is 0 Å². The number of piperidine rings is 1. The van der Waals surface area contributed by atoms with Crippen LogP contribution in [0, 0.1) is 11.8 Å². The Morgan fingerprint density at radius 1 is 0.621 bits per heavy atom. The minimum absolute atomic E-state index is 0.312. The molecule has 3 heterocycles. The molecule has 0 aromatic carbocycles. The summed E-state index contributed by atoms with van der Waals surface area (Å²) in [6.07, 6.45) is 6.81. The minimum atomic E-state index is 0.312. The quantitative estimate of drug-likeness (QED) is 0.646. The third kappa shape index (κ3) is 6.18. The van der Waals surface area contributed by atoms with E-state index in [1.165, 1.54) is 58.3 Å². The first-order valence-corrected chi connectivity index (χ1v) is 12.3. The molecule has 0 aromatic heterocycles. The summed E-state index contributed by atoms with van der Waals surface area (Å²) in [4.78, 5) is 8.16. The highest BCUT2D eigenvalue weighted by Crippen LogP contribution is 2.36. The number of morpholine rings is 1. The number of hydrogen-bond donors (Lipinski definition) is 0. The van der Waals surface area contributed by atoms with Gasteiger partial charge in [0, 0.05) is 36.3 Å². The fourth-order valence-corrected chi connectivity index (χ4v) is 6.19. The van der Waals surface area contributed by atoms with E-state index >= 15 is 0 Å². The molecule has 1 unspecified atom stereocenters. The monoisotopic (exact) mass is 407 g/mol. The van der Waals surface area contributed by atoms with Gasteiger partial charge >= 0.3 is 0 Å².